The van der Waals surface area contributed by atoms with Crippen molar-refractivity contribution in [3.05, 3.63) is 58.6 Å². The van der Waals surface area contributed by atoms with E-state index >= 15 is 4.39 Å². The van der Waals surface area contributed by atoms with E-state index in [1.807, 2.05) is 30.3 Å². The minimum Gasteiger partial charge on any atom is -0.380 e. The van der Waals surface area contributed by atoms with Gasteiger partial charge in [0.05, 0.1) is 15.9 Å². The van der Waals surface area contributed by atoms with E-state index in [4.69, 9.17) is 4.74 Å². The number of nitrogens with one attached hydrogen (secondary N) is 2. The number of sulfonamides is 1. The molecule has 2 aliphatic rings. The number of amides is 1. The van der Waals surface area contributed by atoms with E-state index in [9.17, 15) is 23.3 Å². The minimum atomic E-state index is -4.52. The number of anilines is 1. The van der Waals surface area contributed by atoms with Gasteiger partial charge in [0.15, 0.2) is 5.67 Å². The Hall–Kier alpha value is -2.74. The van der Waals surface area contributed by atoms with Crippen molar-refractivity contribution < 1.29 is 27.3 Å². The summed E-state index contributed by atoms with van der Waals surface area (Å²) in [7, 11) is -2.81. The van der Waals surface area contributed by atoms with E-state index in [-0.39, 0.29) is 30.7 Å². The number of ether oxygens (including phenoxy) is 1. The van der Waals surface area contributed by atoms with Crippen LogP contribution in [0.3, 0.4) is 0 Å². The molecule has 2 N–H and O–H groups in total. The highest BCUT2D eigenvalue weighted by molar-refractivity contribution is 7.99. The van der Waals surface area contributed by atoms with Crippen molar-refractivity contribution in [2.24, 2.45) is 0 Å². The molecule has 0 aromatic heterocycles. The van der Waals surface area contributed by atoms with E-state index in [0.29, 0.717) is 25.0 Å². The van der Waals surface area contributed by atoms with E-state index < -0.39 is 37.1 Å². The standard InChI is InChI=1S/C28H37FN4O6S2/c1-39-22-13-17-32(19-22)16-12-21(20-40-23-8-4-2-5-9-23)30-25-11-10-24(18-26(25)33(35)36)41(37,38)31-27(34)28(29)14-6-3-7-15-28/h2,4-5,8-11,18,21-22,30H,3,6-7,12-17,19-20H2,1H3,(H,31,34)/t21-,22-/m1/s1. The second kappa shape index (κ2) is 14.0. The molecule has 41 heavy (non-hydrogen) atoms. The number of carbonyl (C=O) groups is 1. The van der Waals surface area contributed by atoms with Crippen LogP contribution in [-0.4, -0.2) is 74.5 Å². The molecule has 2 aromatic carbocycles. The smallest absolute Gasteiger partial charge is 0.293 e. The quantitative estimate of drug-likeness (QED) is 0.188. The fraction of sp³-hybridized carbons (Fsp3) is 0.536. The SMILES string of the molecule is CO[C@@H]1CCN(CC[C@H](CSc2ccccc2)Nc2ccc(S(=O)(=O)NC(=O)C3(F)CCCCC3)cc2[N+](=O)[O-])C1. The minimum absolute atomic E-state index is 0.0523. The van der Waals surface area contributed by atoms with Crippen molar-refractivity contribution in [1.29, 1.82) is 0 Å². The lowest BCUT2D eigenvalue weighted by Gasteiger charge is -2.27. The molecule has 10 nitrogen and oxygen atoms in total. The van der Waals surface area contributed by atoms with Crippen LogP contribution in [0.2, 0.25) is 0 Å². The Morgan fingerprint density at radius 3 is 2.61 bits per heavy atom. The normalized spacial score (nSPS) is 19.9. The van der Waals surface area contributed by atoms with Gasteiger partial charge in [-0.05, 0) is 62.8 Å². The third kappa shape index (κ3) is 8.40. The van der Waals surface area contributed by atoms with Crippen molar-refractivity contribution in [3.63, 3.8) is 0 Å². The zero-order valence-electron chi connectivity index (χ0n) is 23.1. The van der Waals surface area contributed by atoms with Crippen molar-refractivity contribution in [3.8, 4) is 0 Å². The fourth-order valence-corrected chi connectivity index (χ4v) is 7.28. The number of thioether (sulfide) groups is 1. The summed E-state index contributed by atoms with van der Waals surface area (Å²) >= 11 is 1.62. The molecule has 1 aliphatic carbocycles. The number of nitro benzene ring substituents is 1. The number of hydrogen-bond acceptors (Lipinski definition) is 9. The third-order valence-corrected chi connectivity index (χ3v) is 10.2. The molecule has 0 unspecified atom stereocenters. The lowest BCUT2D eigenvalue weighted by Crippen LogP contribution is -2.46. The Morgan fingerprint density at radius 2 is 1.95 bits per heavy atom. The molecule has 1 heterocycles. The molecule has 1 amide bonds. The monoisotopic (exact) mass is 608 g/mol. The molecule has 1 aliphatic heterocycles. The number of carbonyl (C=O) groups excluding carboxylic acids is 1. The number of nitrogens with zero attached hydrogens (tertiary/aromatic N) is 2. The molecule has 4 rings (SSSR count). The summed E-state index contributed by atoms with van der Waals surface area (Å²) in [6, 6.07) is 13.1. The van der Waals surface area contributed by atoms with Crippen LogP contribution in [0, 0.1) is 10.1 Å². The van der Waals surface area contributed by atoms with Gasteiger partial charge in [0.1, 0.15) is 5.69 Å². The number of hydrogen-bond donors (Lipinski definition) is 2. The first kappa shape index (κ1) is 31.2. The first-order chi connectivity index (χ1) is 19.6. The number of nitro groups is 1. The number of halogens is 1. The Balaban J connectivity index is 1.50. The van der Waals surface area contributed by atoms with Crippen LogP contribution in [0.25, 0.3) is 0 Å². The summed E-state index contributed by atoms with van der Waals surface area (Å²) in [6.45, 7) is 2.51. The van der Waals surface area contributed by atoms with Crippen molar-refractivity contribution in [2.45, 2.75) is 72.6 Å². The summed E-state index contributed by atoms with van der Waals surface area (Å²) in [5.41, 5.74) is -2.53. The predicted octanol–water partition coefficient (Wildman–Crippen LogP) is 4.76. The predicted molar refractivity (Wildman–Crippen MR) is 156 cm³/mol. The Bertz CT molecular complexity index is 1310. The maximum Gasteiger partial charge on any atom is 0.293 e. The van der Waals surface area contributed by atoms with Crippen molar-refractivity contribution >= 4 is 39.1 Å². The largest absolute Gasteiger partial charge is 0.380 e. The number of methoxy groups -OCH3 is 1. The fourth-order valence-electron chi connectivity index (χ4n) is 5.23. The first-order valence-corrected chi connectivity index (χ1v) is 16.3. The van der Waals surface area contributed by atoms with Gasteiger partial charge in [-0.1, -0.05) is 24.6 Å². The molecule has 1 saturated carbocycles. The summed E-state index contributed by atoms with van der Waals surface area (Å²) in [6.07, 6.45) is 3.50. The molecule has 0 spiro atoms. The van der Waals surface area contributed by atoms with E-state index in [0.717, 1.165) is 43.4 Å². The maximum atomic E-state index is 15.0. The molecule has 13 heteroatoms. The third-order valence-electron chi connectivity index (χ3n) is 7.67. The van der Waals surface area contributed by atoms with Gasteiger partial charge < -0.3 is 15.0 Å². The first-order valence-electron chi connectivity index (χ1n) is 13.8. The lowest BCUT2D eigenvalue weighted by molar-refractivity contribution is -0.384. The molecular formula is C28H37FN4O6S2. The Labute approximate surface area is 244 Å². The van der Waals surface area contributed by atoms with Crippen molar-refractivity contribution in [2.75, 3.05) is 37.8 Å². The van der Waals surface area contributed by atoms with Gasteiger partial charge in [-0.3, -0.25) is 14.9 Å². The molecular weight excluding hydrogens is 571 g/mol. The van der Waals surface area contributed by atoms with E-state index in [2.05, 4.69) is 10.2 Å². The number of rotatable bonds is 13. The average Bonchev–Trinajstić information content (AvgIpc) is 3.43. The van der Waals surface area contributed by atoms with Crippen LogP contribution in [0.15, 0.2) is 58.3 Å². The van der Waals surface area contributed by atoms with Gasteiger partial charge in [0, 0.05) is 49.5 Å². The second-order valence-corrected chi connectivity index (χ2v) is 13.4. The second-order valence-electron chi connectivity index (χ2n) is 10.6. The molecule has 0 bridgehead atoms. The van der Waals surface area contributed by atoms with E-state index in [1.54, 1.807) is 23.6 Å². The topological polar surface area (TPSA) is 131 Å². The van der Waals surface area contributed by atoms with Crippen LogP contribution in [0.4, 0.5) is 15.8 Å². The number of benzene rings is 2. The summed E-state index contributed by atoms with van der Waals surface area (Å²) < 4.78 is 48.2. The van der Waals surface area contributed by atoms with Crippen LogP contribution in [-0.2, 0) is 19.6 Å². The molecule has 0 radical (unpaired) electrons. The lowest BCUT2D eigenvalue weighted by atomic mass is 9.86. The van der Waals surface area contributed by atoms with Crippen LogP contribution < -0.4 is 10.0 Å². The molecule has 2 atom stereocenters. The molecule has 2 fully saturated rings. The zero-order valence-corrected chi connectivity index (χ0v) is 24.7. The highest BCUT2D eigenvalue weighted by Crippen LogP contribution is 2.33. The molecule has 1 saturated heterocycles. The summed E-state index contributed by atoms with van der Waals surface area (Å²) in [5, 5.41) is 15.3. The average molecular weight is 609 g/mol. The Morgan fingerprint density at radius 1 is 1.22 bits per heavy atom. The maximum absolute atomic E-state index is 15.0. The van der Waals surface area contributed by atoms with Crippen molar-refractivity contribution in [1.82, 2.24) is 9.62 Å². The van der Waals surface area contributed by atoms with E-state index in [1.165, 1.54) is 12.1 Å². The molecule has 2 aromatic rings. The summed E-state index contributed by atoms with van der Waals surface area (Å²) in [5.74, 6) is -0.602. The summed E-state index contributed by atoms with van der Waals surface area (Å²) in [4.78, 5) is 26.8. The van der Waals surface area contributed by atoms with Crippen LogP contribution in [0.5, 0.6) is 0 Å². The highest BCUT2D eigenvalue weighted by Gasteiger charge is 2.41. The van der Waals surface area contributed by atoms with Gasteiger partial charge in [-0.15, -0.1) is 11.8 Å². The number of alkyl halides is 1. The zero-order chi connectivity index (χ0) is 29.5. The number of likely N-dealkylation sites (tertiary alicyclic amines) is 1. The molecule has 224 valence electrons. The highest BCUT2D eigenvalue weighted by atomic mass is 32.2. The van der Waals surface area contributed by atoms with Gasteiger partial charge in [0.2, 0.25) is 0 Å². The van der Waals surface area contributed by atoms with Gasteiger partial charge in [-0.2, -0.15) is 0 Å². The van der Waals surface area contributed by atoms with Gasteiger partial charge in [0.25, 0.3) is 21.6 Å². The van der Waals surface area contributed by atoms with Crippen LogP contribution >= 0.6 is 11.8 Å². The Kier molecular flexibility index (Phi) is 10.6. The van der Waals surface area contributed by atoms with Gasteiger partial charge >= 0.3 is 0 Å². The van der Waals surface area contributed by atoms with Gasteiger partial charge in [-0.25, -0.2) is 17.5 Å². The van der Waals surface area contributed by atoms with Crippen LogP contribution in [0.1, 0.15) is 44.9 Å².